The first-order valence-corrected chi connectivity index (χ1v) is 4.67. The quantitative estimate of drug-likeness (QED) is 0.473. The second kappa shape index (κ2) is 5.92. The first kappa shape index (κ1) is 10.5. The Balaban J connectivity index is 2.94. The molecule has 1 rings (SSSR count). The Bertz CT molecular complexity index is 338. The van der Waals surface area contributed by atoms with Crippen molar-refractivity contribution in [3.8, 4) is 0 Å². The molecule has 1 heteroatoms. The van der Waals surface area contributed by atoms with Gasteiger partial charge in [0.25, 0.3) is 0 Å². The highest BCUT2D eigenvalue weighted by atomic mass is 14.6. The van der Waals surface area contributed by atoms with E-state index in [1.807, 2.05) is 18.4 Å². The highest BCUT2D eigenvalue weighted by molar-refractivity contribution is 5.86. The van der Waals surface area contributed by atoms with Crippen molar-refractivity contribution in [1.29, 1.82) is 0 Å². The second-order valence-electron chi connectivity index (χ2n) is 2.93. The minimum atomic E-state index is 0.967. The number of hydrogen-bond donors (Lipinski definition) is 0. The Morgan fingerprint density at radius 2 is 2.36 bits per heavy atom. The van der Waals surface area contributed by atoms with Gasteiger partial charge in [0, 0.05) is 13.3 Å². The second-order valence-corrected chi connectivity index (χ2v) is 2.93. The van der Waals surface area contributed by atoms with Gasteiger partial charge in [0.2, 0.25) is 0 Å². The standard InChI is InChI=1S/C13H15N/c1-3-8-13(11-14-2)12-9-6-4-5-7-10-12/h3-6,8-11H,1,7H2,2H3/b13-8+,14-11?. The molecule has 0 atom stereocenters. The van der Waals surface area contributed by atoms with Crippen molar-refractivity contribution in [2.45, 2.75) is 6.42 Å². The lowest BCUT2D eigenvalue weighted by Gasteiger charge is -2.00. The molecule has 0 N–H and O–H groups in total. The minimum absolute atomic E-state index is 0.967. The van der Waals surface area contributed by atoms with E-state index >= 15 is 0 Å². The van der Waals surface area contributed by atoms with E-state index < -0.39 is 0 Å². The van der Waals surface area contributed by atoms with E-state index in [4.69, 9.17) is 0 Å². The van der Waals surface area contributed by atoms with Crippen molar-refractivity contribution >= 4 is 6.21 Å². The normalized spacial score (nSPS) is 16.9. The molecule has 1 aliphatic rings. The van der Waals surface area contributed by atoms with Gasteiger partial charge >= 0.3 is 0 Å². The monoisotopic (exact) mass is 185 g/mol. The molecule has 0 aliphatic heterocycles. The maximum absolute atomic E-state index is 4.02. The lowest BCUT2D eigenvalue weighted by molar-refractivity contribution is 1.37. The van der Waals surface area contributed by atoms with E-state index in [1.54, 1.807) is 13.1 Å². The third kappa shape index (κ3) is 3.02. The van der Waals surface area contributed by atoms with Gasteiger partial charge in [0.1, 0.15) is 0 Å². The summed E-state index contributed by atoms with van der Waals surface area (Å²) in [5.41, 5.74) is 2.29. The largest absolute Gasteiger partial charge is 0.296 e. The van der Waals surface area contributed by atoms with Gasteiger partial charge in [0.15, 0.2) is 0 Å². The molecule has 0 aromatic carbocycles. The van der Waals surface area contributed by atoms with Gasteiger partial charge in [-0.3, -0.25) is 4.99 Å². The first-order valence-electron chi connectivity index (χ1n) is 4.67. The summed E-state index contributed by atoms with van der Waals surface area (Å²) < 4.78 is 0. The van der Waals surface area contributed by atoms with Crippen molar-refractivity contribution in [3.63, 3.8) is 0 Å². The maximum atomic E-state index is 4.02. The van der Waals surface area contributed by atoms with E-state index in [9.17, 15) is 0 Å². The van der Waals surface area contributed by atoms with Crippen molar-refractivity contribution in [2.24, 2.45) is 4.99 Å². The first-order chi connectivity index (χ1) is 6.88. The summed E-state index contributed by atoms with van der Waals surface area (Å²) in [6.45, 7) is 3.70. The molecule has 1 aliphatic carbocycles. The number of nitrogens with zero attached hydrogens (tertiary/aromatic N) is 1. The fourth-order valence-corrected chi connectivity index (χ4v) is 1.27. The van der Waals surface area contributed by atoms with Crippen LogP contribution >= 0.6 is 0 Å². The van der Waals surface area contributed by atoms with Crippen LogP contribution in [0.15, 0.2) is 65.2 Å². The predicted octanol–water partition coefficient (Wildman–Crippen LogP) is 3.24. The summed E-state index contributed by atoms with van der Waals surface area (Å²) in [7, 11) is 1.77. The highest BCUT2D eigenvalue weighted by Gasteiger charge is 1.98. The molecule has 0 spiro atoms. The van der Waals surface area contributed by atoms with Crippen molar-refractivity contribution in [2.75, 3.05) is 7.05 Å². The predicted molar refractivity (Wildman–Crippen MR) is 63.7 cm³/mol. The van der Waals surface area contributed by atoms with Gasteiger partial charge in [-0.15, -0.1) is 0 Å². The SMILES string of the molecule is C=C/C=C(\C=NC)C1=CCC=CC=C1. The van der Waals surface area contributed by atoms with E-state index in [-0.39, 0.29) is 0 Å². The lowest BCUT2D eigenvalue weighted by Crippen LogP contribution is -1.88. The van der Waals surface area contributed by atoms with Crippen LogP contribution in [-0.4, -0.2) is 13.3 Å². The molecule has 0 aromatic heterocycles. The van der Waals surface area contributed by atoms with E-state index in [0.717, 1.165) is 12.0 Å². The summed E-state index contributed by atoms with van der Waals surface area (Å²) in [5, 5.41) is 0. The maximum Gasteiger partial charge on any atom is 0.0287 e. The van der Waals surface area contributed by atoms with Crippen LogP contribution in [0.4, 0.5) is 0 Å². The van der Waals surface area contributed by atoms with Crippen LogP contribution in [0.5, 0.6) is 0 Å². The van der Waals surface area contributed by atoms with Gasteiger partial charge in [-0.05, 0) is 17.6 Å². The van der Waals surface area contributed by atoms with E-state index in [0.29, 0.717) is 0 Å². The molecule has 0 saturated carbocycles. The van der Waals surface area contributed by atoms with Crippen LogP contribution in [0.25, 0.3) is 0 Å². The van der Waals surface area contributed by atoms with Crippen molar-refractivity contribution in [3.05, 3.63) is 60.3 Å². The third-order valence-electron chi connectivity index (χ3n) is 1.90. The molecule has 0 saturated heterocycles. The van der Waals surface area contributed by atoms with E-state index in [1.165, 1.54) is 5.57 Å². The molecule has 0 heterocycles. The zero-order valence-electron chi connectivity index (χ0n) is 8.48. The molecule has 0 aromatic rings. The number of aliphatic imine (C=N–C) groups is 1. The Labute approximate surface area is 85.6 Å². The Hall–Kier alpha value is -1.63. The summed E-state index contributed by atoms with van der Waals surface area (Å²) in [4.78, 5) is 4.02. The summed E-state index contributed by atoms with van der Waals surface area (Å²) in [6.07, 6.45) is 17.0. The van der Waals surface area contributed by atoms with E-state index in [2.05, 4.69) is 35.9 Å². The van der Waals surface area contributed by atoms with Crippen LogP contribution in [0.2, 0.25) is 0 Å². The van der Waals surface area contributed by atoms with Crippen LogP contribution in [-0.2, 0) is 0 Å². The van der Waals surface area contributed by atoms with Crippen LogP contribution in [0, 0.1) is 0 Å². The highest BCUT2D eigenvalue weighted by Crippen LogP contribution is 2.13. The molecule has 14 heavy (non-hydrogen) atoms. The topological polar surface area (TPSA) is 12.4 Å². The molecular formula is C13H15N. The van der Waals surface area contributed by atoms with Crippen molar-refractivity contribution < 1.29 is 0 Å². The van der Waals surface area contributed by atoms with Gasteiger partial charge < -0.3 is 0 Å². The van der Waals surface area contributed by atoms with Crippen LogP contribution in [0.1, 0.15) is 6.42 Å². The number of rotatable bonds is 3. The number of hydrogen-bond acceptors (Lipinski definition) is 1. The average molecular weight is 185 g/mol. The van der Waals surface area contributed by atoms with Crippen LogP contribution in [0.3, 0.4) is 0 Å². The summed E-state index contributed by atoms with van der Waals surface area (Å²) in [6, 6.07) is 0. The smallest absolute Gasteiger partial charge is 0.0287 e. The molecule has 1 nitrogen and oxygen atoms in total. The Kier molecular flexibility index (Phi) is 4.42. The molecule has 0 radical (unpaired) electrons. The molecular weight excluding hydrogens is 170 g/mol. The molecule has 0 unspecified atom stereocenters. The lowest BCUT2D eigenvalue weighted by atomic mass is 10.1. The fraction of sp³-hybridized carbons (Fsp3) is 0.154. The average Bonchev–Trinajstić information content (AvgIpc) is 2.45. The summed E-state index contributed by atoms with van der Waals surface area (Å²) in [5.74, 6) is 0. The minimum Gasteiger partial charge on any atom is -0.296 e. The number of allylic oxidation sites excluding steroid dienone is 9. The molecule has 0 fully saturated rings. The van der Waals surface area contributed by atoms with Gasteiger partial charge in [0.05, 0.1) is 0 Å². The Morgan fingerprint density at radius 3 is 3.07 bits per heavy atom. The van der Waals surface area contributed by atoms with Crippen molar-refractivity contribution in [1.82, 2.24) is 0 Å². The fourth-order valence-electron chi connectivity index (χ4n) is 1.27. The van der Waals surface area contributed by atoms with Gasteiger partial charge in [-0.2, -0.15) is 0 Å². The third-order valence-corrected chi connectivity index (χ3v) is 1.90. The zero-order valence-corrected chi connectivity index (χ0v) is 8.48. The molecule has 0 bridgehead atoms. The molecule has 0 amide bonds. The van der Waals surface area contributed by atoms with Gasteiger partial charge in [-0.25, -0.2) is 0 Å². The van der Waals surface area contributed by atoms with Crippen LogP contribution < -0.4 is 0 Å². The molecule has 72 valence electrons. The Morgan fingerprint density at radius 1 is 1.50 bits per heavy atom. The summed E-state index contributed by atoms with van der Waals surface area (Å²) >= 11 is 0. The van der Waals surface area contributed by atoms with Gasteiger partial charge in [-0.1, -0.05) is 49.1 Å². The zero-order chi connectivity index (χ0) is 10.2.